The number of nitrogens with zero attached hydrogens (tertiary/aromatic N) is 2. The van der Waals surface area contributed by atoms with Gasteiger partial charge in [-0.05, 0) is 0 Å². The van der Waals surface area contributed by atoms with Gasteiger partial charge in [0.2, 0.25) is 0 Å². The molecule has 8 atom stereocenters. The van der Waals surface area contributed by atoms with Gasteiger partial charge in [-0.15, -0.1) is 0 Å². The Labute approximate surface area is 284 Å². The van der Waals surface area contributed by atoms with Crippen molar-refractivity contribution < 1.29 is 6.51 Å². The maximum absolute atomic E-state index is 5.81. The fraction of sp³-hybridized carbons (Fsp3) is 0.591. The molecule has 18 rings (SSSR count). The predicted molar refractivity (Wildman–Crippen MR) is 202 cm³/mol. The van der Waals surface area contributed by atoms with Crippen LogP contribution in [-0.2, 0) is 11.7 Å². The van der Waals surface area contributed by atoms with Gasteiger partial charge in [0.1, 0.15) is 0 Å². The summed E-state index contributed by atoms with van der Waals surface area (Å²) in [6, 6.07) is 27.8. The molecule has 2 aromatic heterocycles. The fourth-order valence-electron chi connectivity index (χ4n) is 27.5. The summed E-state index contributed by atoms with van der Waals surface area (Å²) in [5.74, 6) is 3.11. The van der Waals surface area contributed by atoms with E-state index in [9.17, 15) is 0 Å². The van der Waals surface area contributed by atoms with E-state index in [2.05, 4.69) is 103 Å². The van der Waals surface area contributed by atoms with E-state index in [1.165, 1.54) is 66.9 Å². The van der Waals surface area contributed by atoms with Crippen LogP contribution < -0.4 is 0 Å². The molecule has 4 aromatic rings. The van der Waals surface area contributed by atoms with E-state index in [1.807, 2.05) is 0 Å². The summed E-state index contributed by atoms with van der Waals surface area (Å²) < 4.78 is 1.20. The van der Waals surface area contributed by atoms with Crippen LogP contribution in [0.1, 0.15) is 70.7 Å². The number of benzene rings is 2. The van der Waals surface area contributed by atoms with Crippen LogP contribution in [-0.4, -0.2) is 20.8 Å². The molecule has 2 nitrogen and oxygen atoms in total. The van der Waals surface area contributed by atoms with Gasteiger partial charge in [0.25, 0.3) is 0 Å². The first kappa shape index (κ1) is 25.6. The van der Waals surface area contributed by atoms with E-state index >= 15 is 0 Å². The minimum atomic E-state index is -4.17. The molecule has 0 radical (unpaired) electrons. The van der Waals surface area contributed by atoms with Crippen LogP contribution in [0.15, 0.2) is 72.8 Å². The number of hydrogen-bond donors (Lipinski definition) is 0. The van der Waals surface area contributed by atoms with Crippen LogP contribution in [0.3, 0.4) is 0 Å². The molecule has 10 saturated heterocycles. The molecule has 2 aromatic carbocycles. The maximum atomic E-state index is 5.81. The molecule has 10 aliphatic heterocycles. The molecule has 4 aliphatic carbocycles. The number of para-hydroxylation sites is 2. The van der Waals surface area contributed by atoms with Crippen LogP contribution in [0, 0.1) is 23.2 Å². The standard InChI is InChI=1S/C39H43N2P2.C5H5.Fe/c1-37(2,3)43-36(38-22-25-19-26(23-38)21-27(20-25)24-38)30-11-8-12-31(30)39(42,34-17-15-28-9-4-6-13-32(28)40-34)35-18-16-29-10-5-7-14-33(29)41-35;1-2-4-5-3-1;/h4-18,25-27,36,43H,19-24,42H2,1-3H3;1-5H;. The third-order valence-corrected chi connectivity index (χ3v) is 72.3. The van der Waals surface area contributed by atoms with Crippen molar-refractivity contribution in [3.8, 4) is 0 Å². The van der Waals surface area contributed by atoms with Crippen LogP contribution >= 0.6 is 17.8 Å². The number of aromatic nitrogens is 2. The minimum absolute atomic E-state index is 0.172. The second-order valence-corrected chi connectivity index (χ2v) is 50.0. The van der Waals surface area contributed by atoms with Crippen molar-refractivity contribution in [2.75, 3.05) is 0 Å². The average molecular weight is 723 g/mol. The summed E-state index contributed by atoms with van der Waals surface area (Å²) in [7, 11) is 4.93. The van der Waals surface area contributed by atoms with Gasteiger partial charge >= 0.3 is 286 Å². The number of hydrogen-bond acceptors (Lipinski definition) is 2. The first-order valence-corrected chi connectivity index (χ1v) is 27.8. The zero-order valence-electron chi connectivity index (χ0n) is 28.9. The molecule has 4 bridgehead atoms. The molecule has 8 unspecified atom stereocenters. The Morgan fingerprint density at radius 3 is 1.61 bits per heavy atom. The van der Waals surface area contributed by atoms with Crippen LogP contribution in [0.4, 0.5) is 0 Å². The number of fused-ring (bicyclic) bond motifs is 12. The molecule has 0 amide bonds. The molecular weight excluding hydrogens is 674 g/mol. The Bertz CT molecular complexity index is 2640. The van der Waals surface area contributed by atoms with Gasteiger partial charge in [0.15, 0.2) is 0 Å². The van der Waals surface area contributed by atoms with Gasteiger partial charge < -0.3 is 0 Å². The summed E-state index contributed by atoms with van der Waals surface area (Å²) >= 11 is 0. The van der Waals surface area contributed by atoms with Crippen molar-refractivity contribution >= 4 is 39.6 Å². The van der Waals surface area contributed by atoms with Gasteiger partial charge in [-0.3, -0.25) is 0 Å². The van der Waals surface area contributed by atoms with Crippen molar-refractivity contribution in [3.63, 3.8) is 0 Å². The monoisotopic (exact) mass is 722 g/mol. The molecule has 4 saturated carbocycles. The van der Waals surface area contributed by atoms with Gasteiger partial charge in [0.05, 0.1) is 0 Å². The molecular formula is C44H48FeN2P2. The van der Waals surface area contributed by atoms with Crippen molar-refractivity contribution in [1.82, 2.24) is 9.97 Å². The van der Waals surface area contributed by atoms with E-state index in [-0.39, 0.29) is 5.16 Å². The Kier molecular flexibility index (Phi) is 2.30. The second kappa shape index (κ2) is 4.40. The SMILES string of the molecule is CC(C)(C)PC(C12CC3CC(CC(C3)C1)C2)[C]12[CH]3[CH]4[CH]5[C]1(C(P)(c1ccc6ccccc6n1)c1ccc6ccccc6n1)[Fe]43521678[CH]2[CH]1[CH]6[CH]7[CH]28. The molecule has 12 heterocycles. The summed E-state index contributed by atoms with van der Waals surface area (Å²) in [6.07, 6.45) is 9.51. The second-order valence-electron chi connectivity index (χ2n) is 23.5. The zero-order valence-corrected chi connectivity index (χ0v) is 32.2. The van der Waals surface area contributed by atoms with Crippen LogP contribution in [0.2, 0.25) is 47.2 Å². The Hall–Kier alpha value is -1.36. The predicted octanol–water partition coefficient (Wildman–Crippen LogP) is 12.1. The number of rotatable bonds is 6. The third kappa shape index (κ3) is 0.850. The summed E-state index contributed by atoms with van der Waals surface area (Å²) in [5.41, 5.74) is 6.72. The topological polar surface area (TPSA) is 25.8 Å². The average Bonchev–Trinajstić information content (AvgIpc) is 4.03. The molecule has 5 heteroatoms. The molecule has 14 aliphatic rings. The van der Waals surface area contributed by atoms with Crippen molar-refractivity contribution in [2.24, 2.45) is 23.2 Å². The van der Waals surface area contributed by atoms with Gasteiger partial charge in [-0.1, -0.05) is 0 Å². The van der Waals surface area contributed by atoms with E-state index in [0.717, 1.165) is 36.8 Å². The molecule has 14 fully saturated rings. The summed E-state index contributed by atoms with van der Waals surface area (Å²) in [6.45, 7) is 3.79. The Morgan fingerprint density at radius 1 is 0.673 bits per heavy atom. The van der Waals surface area contributed by atoms with Crippen molar-refractivity contribution in [1.29, 1.82) is 0 Å². The van der Waals surface area contributed by atoms with Gasteiger partial charge in [-0.25, -0.2) is 0 Å². The van der Waals surface area contributed by atoms with Crippen LogP contribution in [0.25, 0.3) is 21.8 Å². The van der Waals surface area contributed by atoms with E-state index in [0.29, 0.717) is 19.2 Å². The van der Waals surface area contributed by atoms with Crippen molar-refractivity contribution in [3.05, 3.63) is 84.2 Å². The number of pyridine rings is 2. The first-order valence-electron chi connectivity index (χ1n) is 19.9. The first-order chi connectivity index (χ1) is 23.4. The van der Waals surface area contributed by atoms with E-state index < -0.39 is 6.51 Å². The zero-order chi connectivity index (χ0) is 32.1. The molecule has 49 heavy (non-hydrogen) atoms. The van der Waals surface area contributed by atoms with E-state index in [4.69, 9.17) is 9.97 Å². The molecule has 0 N–H and O–H groups in total. The Balaban J connectivity index is 1.01. The summed E-state index contributed by atoms with van der Waals surface area (Å²) in [4.78, 5) is 21.4. The summed E-state index contributed by atoms with van der Waals surface area (Å²) in [5, 5.41) is 2.80. The van der Waals surface area contributed by atoms with Gasteiger partial charge in [-0.2, -0.15) is 0 Å². The van der Waals surface area contributed by atoms with Gasteiger partial charge in [0, 0.05) is 0 Å². The molecule has 1 spiro atoms. The van der Waals surface area contributed by atoms with Crippen molar-refractivity contribution in [2.45, 2.75) is 122 Å². The quantitative estimate of drug-likeness (QED) is 0.146. The Morgan fingerprint density at radius 2 is 1.16 bits per heavy atom. The molecule has 252 valence electrons. The fourth-order valence-corrected chi connectivity index (χ4v) is 113. The normalized spacial score (nSPS) is 63.6. The van der Waals surface area contributed by atoms with E-state index in [1.54, 1.807) is 38.5 Å². The third-order valence-electron chi connectivity index (χ3n) is 25.3. The van der Waals surface area contributed by atoms with Crippen LogP contribution in [0.5, 0.6) is 0 Å².